The van der Waals surface area contributed by atoms with Crippen LogP contribution >= 0.6 is 15.9 Å². The van der Waals surface area contributed by atoms with Gasteiger partial charge in [-0.25, -0.2) is 0 Å². The fourth-order valence-corrected chi connectivity index (χ4v) is 2.82. The Labute approximate surface area is 136 Å². The number of carbonyl (C=O) groups excluding carboxylic acids is 1. The summed E-state index contributed by atoms with van der Waals surface area (Å²) in [6, 6.07) is 8.10. The predicted molar refractivity (Wildman–Crippen MR) is 92.0 cm³/mol. The van der Waals surface area contributed by atoms with Gasteiger partial charge in [-0.3, -0.25) is 4.79 Å². The Hall–Kier alpha value is -0.870. The van der Waals surface area contributed by atoms with Gasteiger partial charge >= 0.3 is 0 Å². The zero-order valence-corrected chi connectivity index (χ0v) is 14.7. The molecule has 1 aromatic carbocycles. The minimum absolute atomic E-state index is 0.0460. The van der Waals surface area contributed by atoms with Gasteiger partial charge in [0.05, 0.1) is 6.04 Å². The lowest BCUT2D eigenvalue weighted by atomic mass is 9.94. The topological polar surface area (TPSA) is 55.1 Å². The summed E-state index contributed by atoms with van der Waals surface area (Å²) < 4.78 is 1.05. The number of hydrogen-bond acceptors (Lipinski definition) is 2. The molecule has 3 nitrogen and oxygen atoms in total. The second-order valence-electron chi connectivity index (χ2n) is 5.61. The number of carbonyl (C=O) groups is 1. The smallest absolute Gasteiger partial charge is 0.220 e. The van der Waals surface area contributed by atoms with Gasteiger partial charge in [0.2, 0.25) is 5.91 Å². The average Bonchev–Trinajstić information content (AvgIpc) is 2.46. The van der Waals surface area contributed by atoms with E-state index in [4.69, 9.17) is 5.73 Å². The number of nitrogens with two attached hydrogens (primary N) is 1. The zero-order valence-electron chi connectivity index (χ0n) is 13.1. The third-order valence-corrected chi connectivity index (χ3v) is 4.33. The van der Waals surface area contributed by atoms with E-state index < -0.39 is 0 Å². The van der Waals surface area contributed by atoms with Crippen molar-refractivity contribution in [3.63, 3.8) is 0 Å². The molecule has 0 fully saturated rings. The highest BCUT2D eigenvalue weighted by atomic mass is 79.9. The molecule has 1 aromatic rings. The third-order valence-electron chi connectivity index (χ3n) is 3.80. The Morgan fingerprint density at radius 3 is 2.48 bits per heavy atom. The van der Waals surface area contributed by atoms with Crippen LogP contribution in [0.2, 0.25) is 0 Å². The van der Waals surface area contributed by atoms with Crippen LogP contribution in [0.25, 0.3) is 0 Å². The van der Waals surface area contributed by atoms with Gasteiger partial charge in [0.1, 0.15) is 0 Å². The van der Waals surface area contributed by atoms with Gasteiger partial charge < -0.3 is 11.1 Å². The molecule has 3 N–H and O–H groups in total. The summed E-state index contributed by atoms with van der Waals surface area (Å²) in [6.45, 7) is 4.91. The summed E-state index contributed by atoms with van der Waals surface area (Å²) in [5.41, 5.74) is 6.75. The van der Waals surface area contributed by atoms with Gasteiger partial charge in [0, 0.05) is 10.9 Å². The molecule has 4 heteroatoms. The molecule has 1 amide bonds. The predicted octanol–water partition coefficient (Wildman–Crippen LogP) is 4.17. The monoisotopic (exact) mass is 354 g/mol. The van der Waals surface area contributed by atoms with Crippen molar-refractivity contribution in [3.05, 3.63) is 34.3 Å². The lowest BCUT2D eigenvalue weighted by Crippen LogP contribution is -2.27. The molecule has 0 aliphatic heterocycles. The van der Waals surface area contributed by atoms with Crippen molar-refractivity contribution >= 4 is 21.8 Å². The summed E-state index contributed by atoms with van der Waals surface area (Å²) in [7, 11) is 0. The van der Waals surface area contributed by atoms with Crippen molar-refractivity contribution in [1.29, 1.82) is 0 Å². The number of nitrogens with one attached hydrogen (secondary N) is 1. The molecule has 0 aromatic heterocycles. The van der Waals surface area contributed by atoms with Crippen molar-refractivity contribution in [3.8, 4) is 0 Å². The maximum Gasteiger partial charge on any atom is 0.220 e. The standard InChI is InChI=1S/C17H27BrN2O/c1-3-4-14(11-12-19)5-10-17(21)20-13(2)15-6-8-16(18)9-7-15/h6-9,13-14H,3-5,10-12,19H2,1-2H3,(H,20,21)/t13-,14?/m1/s1. The van der Waals surface area contributed by atoms with E-state index in [9.17, 15) is 4.79 Å². The first-order valence-electron chi connectivity index (χ1n) is 7.81. The molecule has 0 aliphatic rings. The normalized spacial score (nSPS) is 13.7. The summed E-state index contributed by atoms with van der Waals surface area (Å²) in [5, 5.41) is 3.07. The highest BCUT2D eigenvalue weighted by Gasteiger charge is 2.12. The van der Waals surface area contributed by atoms with Crippen LogP contribution in [-0.2, 0) is 4.79 Å². The van der Waals surface area contributed by atoms with E-state index in [-0.39, 0.29) is 11.9 Å². The molecular weight excluding hydrogens is 328 g/mol. The van der Waals surface area contributed by atoms with E-state index in [1.807, 2.05) is 31.2 Å². The third kappa shape index (κ3) is 7.09. The lowest BCUT2D eigenvalue weighted by Gasteiger charge is -2.17. The highest BCUT2D eigenvalue weighted by Crippen LogP contribution is 2.19. The average molecular weight is 355 g/mol. The fourth-order valence-electron chi connectivity index (χ4n) is 2.56. The van der Waals surface area contributed by atoms with Gasteiger partial charge in [-0.1, -0.05) is 47.8 Å². The van der Waals surface area contributed by atoms with Crippen LogP contribution in [0.4, 0.5) is 0 Å². The summed E-state index contributed by atoms with van der Waals surface area (Å²) in [5.74, 6) is 0.706. The van der Waals surface area contributed by atoms with Crippen LogP contribution in [0.15, 0.2) is 28.7 Å². The summed E-state index contributed by atoms with van der Waals surface area (Å²) in [6.07, 6.45) is 4.85. The fraction of sp³-hybridized carbons (Fsp3) is 0.588. The Balaban J connectivity index is 2.40. The maximum absolute atomic E-state index is 12.1. The van der Waals surface area contributed by atoms with E-state index in [0.717, 1.165) is 35.7 Å². The first kappa shape index (κ1) is 18.2. The number of amides is 1. The molecule has 0 aliphatic carbocycles. The van der Waals surface area contributed by atoms with Crippen molar-refractivity contribution in [1.82, 2.24) is 5.32 Å². The van der Waals surface area contributed by atoms with Crippen LogP contribution in [0.5, 0.6) is 0 Å². The van der Waals surface area contributed by atoms with E-state index in [1.165, 1.54) is 0 Å². The van der Waals surface area contributed by atoms with Gasteiger partial charge in [-0.2, -0.15) is 0 Å². The molecule has 0 spiro atoms. The molecule has 0 saturated carbocycles. The van der Waals surface area contributed by atoms with Crippen molar-refractivity contribution in [2.24, 2.45) is 11.7 Å². The molecule has 0 bridgehead atoms. The number of rotatable bonds is 9. The van der Waals surface area contributed by atoms with E-state index in [2.05, 4.69) is 28.2 Å². The molecule has 1 unspecified atom stereocenters. The summed E-state index contributed by atoms with van der Waals surface area (Å²) >= 11 is 3.42. The van der Waals surface area contributed by atoms with Gasteiger partial charge in [-0.05, 0) is 49.9 Å². The Kier molecular flexibility index (Phi) is 8.62. The first-order chi connectivity index (χ1) is 10.1. The second-order valence-corrected chi connectivity index (χ2v) is 6.53. The van der Waals surface area contributed by atoms with E-state index in [1.54, 1.807) is 0 Å². The van der Waals surface area contributed by atoms with Gasteiger partial charge in [0.25, 0.3) is 0 Å². The SMILES string of the molecule is CCCC(CCN)CCC(=O)N[C@H](C)c1ccc(Br)cc1. The van der Waals surface area contributed by atoms with Crippen LogP contribution < -0.4 is 11.1 Å². The van der Waals surface area contributed by atoms with Crippen molar-refractivity contribution < 1.29 is 4.79 Å². The lowest BCUT2D eigenvalue weighted by molar-refractivity contribution is -0.122. The van der Waals surface area contributed by atoms with Crippen LogP contribution in [0.1, 0.15) is 57.6 Å². The molecular formula is C17H27BrN2O. The minimum atomic E-state index is 0.0460. The van der Waals surface area contributed by atoms with Crippen molar-refractivity contribution in [2.75, 3.05) is 6.54 Å². The van der Waals surface area contributed by atoms with Crippen LogP contribution in [-0.4, -0.2) is 12.5 Å². The molecule has 21 heavy (non-hydrogen) atoms. The summed E-state index contributed by atoms with van der Waals surface area (Å²) in [4.78, 5) is 12.1. The Morgan fingerprint density at radius 1 is 1.24 bits per heavy atom. The van der Waals surface area contributed by atoms with Crippen molar-refractivity contribution in [2.45, 2.75) is 52.0 Å². The van der Waals surface area contributed by atoms with Crippen LogP contribution in [0.3, 0.4) is 0 Å². The maximum atomic E-state index is 12.1. The molecule has 0 saturated heterocycles. The van der Waals surface area contributed by atoms with Gasteiger partial charge in [0.15, 0.2) is 0 Å². The number of hydrogen-bond donors (Lipinski definition) is 2. The largest absolute Gasteiger partial charge is 0.350 e. The second kappa shape index (κ2) is 9.96. The van der Waals surface area contributed by atoms with E-state index in [0.29, 0.717) is 18.9 Å². The quantitative estimate of drug-likeness (QED) is 0.698. The number of benzene rings is 1. The Morgan fingerprint density at radius 2 is 1.90 bits per heavy atom. The molecule has 0 radical (unpaired) electrons. The molecule has 1 rings (SSSR count). The zero-order chi connectivity index (χ0) is 15.7. The van der Waals surface area contributed by atoms with Crippen LogP contribution in [0, 0.1) is 5.92 Å². The number of halogens is 1. The highest BCUT2D eigenvalue weighted by molar-refractivity contribution is 9.10. The molecule has 2 atom stereocenters. The van der Waals surface area contributed by atoms with E-state index >= 15 is 0 Å². The Bertz CT molecular complexity index is 413. The first-order valence-corrected chi connectivity index (χ1v) is 8.61. The van der Waals surface area contributed by atoms with Gasteiger partial charge in [-0.15, -0.1) is 0 Å². The molecule has 0 heterocycles. The minimum Gasteiger partial charge on any atom is -0.350 e. The molecule has 118 valence electrons.